The van der Waals surface area contributed by atoms with E-state index in [1.165, 1.54) is 30.2 Å². The molecule has 0 unspecified atom stereocenters. The zero-order chi connectivity index (χ0) is 24.3. The van der Waals surface area contributed by atoms with Gasteiger partial charge in [-0.2, -0.15) is 0 Å². The topological polar surface area (TPSA) is 108 Å². The van der Waals surface area contributed by atoms with Gasteiger partial charge in [-0.15, -0.1) is 0 Å². The van der Waals surface area contributed by atoms with Crippen molar-refractivity contribution < 1.29 is 28.7 Å². The predicted molar refractivity (Wildman–Crippen MR) is 120 cm³/mol. The molecule has 2 aromatic carbocycles. The molecular formula is C23H25ClN2O7. The first kappa shape index (κ1) is 24.3. The van der Waals surface area contributed by atoms with E-state index in [1.54, 1.807) is 39.0 Å². The van der Waals surface area contributed by atoms with Crippen molar-refractivity contribution in [1.29, 1.82) is 0 Å². The summed E-state index contributed by atoms with van der Waals surface area (Å²) in [5, 5.41) is 11.4. The molecular weight excluding hydrogens is 452 g/mol. The highest BCUT2D eigenvalue weighted by molar-refractivity contribution is 6.31. The number of non-ortho nitro benzene ring substituents is 1. The van der Waals surface area contributed by atoms with Crippen LogP contribution in [0.25, 0.3) is 0 Å². The minimum atomic E-state index is -0.936. The third-order valence-corrected chi connectivity index (χ3v) is 5.40. The van der Waals surface area contributed by atoms with Gasteiger partial charge in [0.2, 0.25) is 0 Å². The Hall–Kier alpha value is -3.33. The van der Waals surface area contributed by atoms with E-state index in [2.05, 4.69) is 0 Å². The van der Waals surface area contributed by atoms with Crippen LogP contribution in [0.3, 0.4) is 0 Å². The van der Waals surface area contributed by atoms with Gasteiger partial charge < -0.3 is 14.2 Å². The smallest absolute Gasteiger partial charge is 0.411 e. The molecule has 10 heteroatoms. The molecule has 0 spiro atoms. The van der Waals surface area contributed by atoms with E-state index in [0.29, 0.717) is 28.3 Å². The molecule has 0 N–H and O–H groups in total. The fourth-order valence-electron chi connectivity index (χ4n) is 3.52. The summed E-state index contributed by atoms with van der Waals surface area (Å²) in [5.41, 5.74) is 1.15. The lowest BCUT2D eigenvalue weighted by atomic mass is 9.92. The van der Waals surface area contributed by atoms with Gasteiger partial charge in [-0.3, -0.25) is 15.0 Å². The van der Waals surface area contributed by atoms with E-state index < -0.39 is 28.6 Å². The number of rotatable bonds is 5. The molecule has 0 aliphatic carbocycles. The fraction of sp³-hybridized carbons (Fsp3) is 0.391. The maximum atomic E-state index is 12.7. The summed E-state index contributed by atoms with van der Waals surface area (Å²) in [6.45, 7) is 5.57. The van der Waals surface area contributed by atoms with Gasteiger partial charge in [-0.1, -0.05) is 17.7 Å². The first-order valence-electron chi connectivity index (χ1n) is 10.3. The van der Waals surface area contributed by atoms with Crippen LogP contribution in [0.15, 0.2) is 36.4 Å². The summed E-state index contributed by atoms with van der Waals surface area (Å²) in [6, 6.07) is 8.37. The molecule has 0 aromatic heterocycles. The highest BCUT2D eigenvalue weighted by Crippen LogP contribution is 2.34. The first-order valence-corrected chi connectivity index (χ1v) is 10.6. The predicted octanol–water partition coefficient (Wildman–Crippen LogP) is 4.83. The molecule has 1 aliphatic rings. The molecule has 0 saturated heterocycles. The second kappa shape index (κ2) is 9.66. The van der Waals surface area contributed by atoms with Gasteiger partial charge in [0.05, 0.1) is 12.0 Å². The Kier molecular flexibility index (Phi) is 7.12. The molecule has 3 rings (SSSR count). The number of benzene rings is 2. The van der Waals surface area contributed by atoms with Crippen LogP contribution in [0.5, 0.6) is 5.75 Å². The van der Waals surface area contributed by atoms with E-state index in [-0.39, 0.29) is 18.8 Å². The van der Waals surface area contributed by atoms with Gasteiger partial charge in [0.15, 0.2) is 6.04 Å². The number of nitrogens with zero attached hydrogens (tertiary/aromatic N) is 2. The van der Waals surface area contributed by atoms with Gasteiger partial charge >= 0.3 is 12.1 Å². The van der Waals surface area contributed by atoms with Crippen molar-refractivity contribution in [2.45, 2.75) is 45.4 Å². The Morgan fingerprint density at radius 3 is 2.58 bits per heavy atom. The van der Waals surface area contributed by atoms with Gasteiger partial charge in [-0.25, -0.2) is 9.59 Å². The van der Waals surface area contributed by atoms with E-state index in [1.807, 2.05) is 0 Å². The van der Waals surface area contributed by atoms with Crippen molar-refractivity contribution in [3.63, 3.8) is 0 Å². The molecule has 9 nitrogen and oxygen atoms in total. The number of ether oxygens (including phenoxy) is 3. The summed E-state index contributed by atoms with van der Waals surface area (Å²) >= 11 is 6.14. The van der Waals surface area contributed by atoms with Crippen molar-refractivity contribution in [2.24, 2.45) is 0 Å². The van der Waals surface area contributed by atoms with E-state index in [4.69, 9.17) is 25.8 Å². The summed E-state index contributed by atoms with van der Waals surface area (Å²) in [4.78, 5) is 37.1. The lowest BCUT2D eigenvalue weighted by Crippen LogP contribution is -2.46. The van der Waals surface area contributed by atoms with Crippen LogP contribution in [0.4, 0.5) is 10.5 Å². The quantitative estimate of drug-likeness (QED) is 0.345. The summed E-state index contributed by atoms with van der Waals surface area (Å²) < 4.78 is 16.2. The summed E-state index contributed by atoms with van der Waals surface area (Å²) in [5.74, 6) is -0.0653. The SMILES string of the molecule is COC(=O)[C@H]1c2ccc(OCc3cc([N+](=O)[O-])ccc3Cl)cc2CCN1C(=O)OC(C)(C)C. The van der Waals surface area contributed by atoms with Crippen molar-refractivity contribution in [3.05, 3.63) is 68.2 Å². The number of methoxy groups -OCH3 is 1. The fourth-order valence-corrected chi connectivity index (χ4v) is 3.69. The standard InChI is InChI=1S/C23H25ClN2O7/c1-23(2,3)33-22(28)25-10-9-14-12-17(6-7-18(14)20(25)21(27)31-4)32-13-15-11-16(26(29)30)5-8-19(15)24/h5-8,11-12,20H,9-10,13H2,1-4H3/t20-/m1/s1. The molecule has 33 heavy (non-hydrogen) atoms. The van der Waals surface area contributed by atoms with Crippen molar-refractivity contribution in [1.82, 2.24) is 4.90 Å². The molecule has 0 bridgehead atoms. The average molecular weight is 477 g/mol. The number of fused-ring (bicyclic) bond motifs is 1. The van der Waals surface area contributed by atoms with Crippen LogP contribution in [-0.4, -0.2) is 41.1 Å². The molecule has 1 amide bonds. The number of carbonyl (C=O) groups excluding carboxylic acids is 2. The highest BCUT2D eigenvalue weighted by Gasteiger charge is 2.39. The van der Waals surface area contributed by atoms with Gasteiger partial charge in [0.25, 0.3) is 5.69 Å². The molecule has 1 atom stereocenters. The third kappa shape index (κ3) is 5.73. The van der Waals surface area contributed by atoms with E-state index >= 15 is 0 Å². The van der Waals surface area contributed by atoms with E-state index in [0.717, 1.165) is 5.56 Å². The lowest BCUT2D eigenvalue weighted by Gasteiger charge is -2.36. The summed E-state index contributed by atoms with van der Waals surface area (Å²) in [7, 11) is 1.27. The number of carbonyl (C=O) groups is 2. The molecule has 0 radical (unpaired) electrons. The Labute approximate surface area is 196 Å². The molecule has 2 aromatic rings. The minimum Gasteiger partial charge on any atom is -0.489 e. The van der Waals surface area contributed by atoms with Crippen LogP contribution in [0.1, 0.15) is 43.5 Å². The highest BCUT2D eigenvalue weighted by atomic mass is 35.5. The molecule has 0 fully saturated rings. The van der Waals surface area contributed by atoms with Crippen LogP contribution in [-0.2, 0) is 27.3 Å². The maximum absolute atomic E-state index is 12.7. The number of nitro benzene ring substituents is 1. The Morgan fingerprint density at radius 1 is 1.21 bits per heavy atom. The van der Waals surface area contributed by atoms with E-state index in [9.17, 15) is 19.7 Å². The number of hydrogen-bond acceptors (Lipinski definition) is 7. The largest absolute Gasteiger partial charge is 0.489 e. The van der Waals surface area contributed by atoms with Gasteiger partial charge in [-0.05, 0) is 56.5 Å². The summed E-state index contributed by atoms with van der Waals surface area (Å²) in [6.07, 6.45) is -0.110. The number of esters is 1. The zero-order valence-corrected chi connectivity index (χ0v) is 19.5. The second-order valence-corrected chi connectivity index (χ2v) is 8.94. The lowest BCUT2D eigenvalue weighted by molar-refractivity contribution is -0.384. The maximum Gasteiger partial charge on any atom is 0.411 e. The number of hydrogen-bond donors (Lipinski definition) is 0. The Morgan fingerprint density at radius 2 is 1.94 bits per heavy atom. The van der Waals surface area contributed by atoms with Crippen LogP contribution >= 0.6 is 11.6 Å². The van der Waals surface area contributed by atoms with Crippen molar-refractivity contribution >= 4 is 29.4 Å². The minimum absolute atomic E-state index is 0.0315. The number of nitro groups is 1. The number of amides is 1. The van der Waals surface area contributed by atoms with Crippen molar-refractivity contribution in [2.75, 3.05) is 13.7 Å². The van der Waals surface area contributed by atoms with Gasteiger partial charge in [0.1, 0.15) is 18.0 Å². The molecule has 1 aliphatic heterocycles. The molecule has 1 heterocycles. The molecule has 176 valence electrons. The monoisotopic (exact) mass is 476 g/mol. The zero-order valence-electron chi connectivity index (χ0n) is 18.8. The normalized spacial score (nSPS) is 15.4. The number of halogens is 1. The van der Waals surface area contributed by atoms with Crippen LogP contribution < -0.4 is 4.74 Å². The Balaban J connectivity index is 1.83. The first-order chi connectivity index (χ1) is 15.5. The van der Waals surface area contributed by atoms with Crippen molar-refractivity contribution in [3.8, 4) is 5.75 Å². The molecule has 0 saturated carbocycles. The average Bonchev–Trinajstić information content (AvgIpc) is 2.75. The second-order valence-electron chi connectivity index (χ2n) is 8.53. The van der Waals surface area contributed by atoms with Crippen LogP contribution in [0, 0.1) is 10.1 Å². The third-order valence-electron chi connectivity index (χ3n) is 5.03. The van der Waals surface area contributed by atoms with Crippen LogP contribution in [0.2, 0.25) is 5.02 Å². The Bertz CT molecular complexity index is 1080. The van der Waals surface area contributed by atoms with Gasteiger partial charge in [0, 0.05) is 29.3 Å².